The van der Waals surface area contributed by atoms with Crippen molar-refractivity contribution >= 4 is 17.6 Å². The van der Waals surface area contributed by atoms with E-state index in [1.54, 1.807) is 31.3 Å². The van der Waals surface area contributed by atoms with Crippen molar-refractivity contribution in [3.8, 4) is 5.75 Å². The molecule has 0 bridgehead atoms. The Morgan fingerprint density at radius 3 is 2.84 bits per heavy atom. The Labute approximate surface area is 111 Å². The summed E-state index contributed by atoms with van der Waals surface area (Å²) in [7, 11) is 1.69. The SMILES string of the molecule is CCN(C)C(=O)Nc1ccccc1OCC(N)=NO. The number of hydrogen-bond acceptors (Lipinski definition) is 4. The zero-order chi connectivity index (χ0) is 14.3. The fourth-order valence-electron chi connectivity index (χ4n) is 1.23. The van der Waals surface area contributed by atoms with Crippen LogP contribution >= 0.6 is 0 Å². The molecule has 1 aromatic carbocycles. The normalized spacial score (nSPS) is 10.9. The lowest BCUT2D eigenvalue weighted by molar-refractivity contribution is 0.224. The molecule has 1 aromatic rings. The first-order valence-corrected chi connectivity index (χ1v) is 5.78. The van der Waals surface area contributed by atoms with Gasteiger partial charge in [0.15, 0.2) is 5.84 Å². The monoisotopic (exact) mass is 266 g/mol. The Bertz CT molecular complexity index is 462. The number of para-hydroxylation sites is 2. The van der Waals surface area contributed by atoms with Crippen LogP contribution in [-0.4, -0.2) is 42.2 Å². The number of rotatable bonds is 5. The number of benzene rings is 1. The molecule has 19 heavy (non-hydrogen) atoms. The van der Waals surface area contributed by atoms with Gasteiger partial charge < -0.3 is 25.9 Å². The highest BCUT2D eigenvalue weighted by atomic mass is 16.5. The van der Waals surface area contributed by atoms with E-state index >= 15 is 0 Å². The molecule has 0 fully saturated rings. The minimum atomic E-state index is -0.234. The Hall–Kier alpha value is -2.44. The number of carbonyl (C=O) groups excluding carboxylic acids is 1. The van der Waals surface area contributed by atoms with Crippen molar-refractivity contribution in [2.24, 2.45) is 10.9 Å². The molecular formula is C12H18N4O3. The smallest absolute Gasteiger partial charge is 0.321 e. The van der Waals surface area contributed by atoms with Gasteiger partial charge in [0.25, 0.3) is 0 Å². The second kappa shape index (κ2) is 7.10. The number of nitrogens with one attached hydrogen (secondary N) is 1. The van der Waals surface area contributed by atoms with Gasteiger partial charge in [-0.2, -0.15) is 0 Å². The first kappa shape index (κ1) is 14.6. The van der Waals surface area contributed by atoms with Crippen molar-refractivity contribution in [2.75, 3.05) is 25.5 Å². The molecular weight excluding hydrogens is 248 g/mol. The maximum atomic E-state index is 11.8. The molecule has 0 spiro atoms. The quantitative estimate of drug-likeness (QED) is 0.323. The number of hydrogen-bond donors (Lipinski definition) is 3. The molecule has 0 radical (unpaired) electrons. The zero-order valence-electron chi connectivity index (χ0n) is 11.0. The Kier molecular flexibility index (Phi) is 5.46. The van der Waals surface area contributed by atoms with E-state index in [1.165, 1.54) is 4.90 Å². The summed E-state index contributed by atoms with van der Waals surface area (Å²) >= 11 is 0. The molecule has 4 N–H and O–H groups in total. The van der Waals surface area contributed by atoms with Crippen LogP contribution < -0.4 is 15.8 Å². The standard InChI is InChI=1S/C12H18N4O3/c1-3-16(2)12(17)14-9-6-4-5-7-10(9)19-8-11(13)15-18/h4-7,18H,3,8H2,1-2H3,(H2,13,15)(H,14,17). The predicted molar refractivity (Wildman–Crippen MR) is 72.7 cm³/mol. The van der Waals surface area contributed by atoms with E-state index in [0.29, 0.717) is 18.0 Å². The summed E-state index contributed by atoms with van der Waals surface area (Å²) in [6.07, 6.45) is 0. The van der Waals surface area contributed by atoms with E-state index in [4.69, 9.17) is 15.7 Å². The molecule has 0 saturated heterocycles. The topological polar surface area (TPSA) is 100 Å². The molecule has 2 amide bonds. The lowest BCUT2D eigenvalue weighted by atomic mass is 10.3. The molecule has 0 atom stereocenters. The average Bonchev–Trinajstić information content (AvgIpc) is 2.44. The number of ether oxygens (including phenoxy) is 1. The predicted octanol–water partition coefficient (Wildman–Crippen LogP) is 1.30. The lowest BCUT2D eigenvalue weighted by Crippen LogP contribution is -2.31. The van der Waals surface area contributed by atoms with Crippen LogP contribution in [0.25, 0.3) is 0 Å². The molecule has 7 heteroatoms. The van der Waals surface area contributed by atoms with E-state index in [1.807, 2.05) is 6.92 Å². The lowest BCUT2D eigenvalue weighted by Gasteiger charge is -2.17. The van der Waals surface area contributed by atoms with Gasteiger partial charge in [-0.3, -0.25) is 0 Å². The molecule has 0 aliphatic rings. The molecule has 0 heterocycles. The molecule has 104 valence electrons. The van der Waals surface area contributed by atoms with Gasteiger partial charge in [-0.15, -0.1) is 0 Å². The summed E-state index contributed by atoms with van der Waals surface area (Å²) in [4.78, 5) is 13.3. The van der Waals surface area contributed by atoms with Crippen LogP contribution in [0.1, 0.15) is 6.92 Å². The van der Waals surface area contributed by atoms with Crippen LogP contribution in [0.15, 0.2) is 29.4 Å². The highest BCUT2D eigenvalue weighted by Gasteiger charge is 2.10. The van der Waals surface area contributed by atoms with E-state index in [9.17, 15) is 4.79 Å². The first-order chi connectivity index (χ1) is 9.08. The van der Waals surface area contributed by atoms with Crippen LogP contribution in [0.2, 0.25) is 0 Å². The van der Waals surface area contributed by atoms with E-state index in [-0.39, 0.29) is 18.5 Å². The third-order valence-electron chi connectivity index (χ3n) is 2.45. The summed E-state index contributed by atoms with van der Waals surface area (Å²) < 4.78 is 5.36. The number of urea groups is 1. The van der Waals surface area contributed by atoms with E-state index in [0.717, 1.165) is 0 Å². The number of nitrogens with zero attached hydrogens (tertiary/aromatic N) is 2. The molecule has 0 aliphatic heterocycles. The minimum Gasteiger partial charge on any atom is -0.483 e. The maximum Gasteiger partial charge on any atom is 0.321 e. The molecule has 0 aliphatic carbocycles. The summed E-state index contributed by atoms with van der Waals surface area (Å²) in [6.45, 7) is 2.41. The van der Waals surface area contributed by atoms with Gasteiger partial charge in [0, 0.05) is 13.6 Å². The van der Waals surface area contributed by atoms with Gasteiger partial charge in [0.2, 0.25) is 0 Å². The second-order valence-electron chi connectivity index (χ2n) is 3.82. The van der Waals surface area contributed by atoms with Crippen LogP contribution in [0, 0.1) is 0 Å². The van der Waals surface area contributed by atoms with Crippen LogP contribution in [0.4, 0.5) is 10.5 Å². The molecule has 1 rings (SSSR count). The maximum absolute atomic E-state index is 11.8. The number of oxime groups is 1. The van der Waals surface area contributed by atoms with Crippen molar-refractivity contribution in [3.05, 3.63) is 24.3 Å². The van der Waals surface area contributed by atoms with Crippen LogP contribution in [-0.2, 0) is 0 Å². The highest BCUT2D eigenvalue weighted by molar-refractivity contribution is 5.91. The molecule has 0 saturated carbocycles. The fourth-order valence-corrected chi connectivity index (χ4v) is 1.23. The minimum absolute atomic E-state index is 0.0493. The van der Waals surface area contributed by atoms with Gasteiger partial charge in [0.05, 0.1) is 5.69 Å². The van der Waals surface area contributed by atoms with Crippen molar-refractivity contribution in [2.45, 2.75) is 6.92 Å². The average molecular weight is 266 g/mol. The number of anilines is 1. The Morgan fingerprint density at radius 2 is 2.21 bits per heavy atom. The van der Waals surface area contributed by atoms with Crippen LogP contribution in [0.5, 0.6) is 5.75 Å². The highest BCUT2D eigenvalue weighted by Crippen LogP contribution is 2.23. The van der Waals surface area contributed by atoms with Crippen LogP contribution in [0.3, 0.4) is 0 Å². The number of amides is 2. The van der Waals surface area contributed by atoms with E-state index in [2.05, 4.69) is 10.5 Å². The molecule has 0 aromatic heterocycles. The third kappa shape index (κ3) is 4.38. The van der Waals surface area contributed by atoms with Gasteiger partial charge in [-0.25, -0.2) is 4.79 Å². The Morgan fingerprint density at radius 1 is 1.53 bits per heavy atom. The molecule has 7 nitrogen and oxygen atoms in total. The summed E-state index contributed by atoms with van der Waals surface area (Å²) in [5, 5.41) is 14.0. The second-order valence-corrected chi connectivity index (χ2v) is 3.82. The molecule has 0 unspecified atom stereocenters. The van der Waals surface area contributed by atoms with Gasteiger partial charge >= 0.3 is 6.03 Å². The van der Waals surface area contributed by atoms with Gasteiger partial charge in [0.1, 0.15) is 12.4 Å². The largest absolute Gasteiger partial charge is 0.483 e. The van der Waals surface area contributed by atoms with Crippen molar-refractivity contribution in [1.82, 2.24) is 4.90 Å². The fraction of sp³-hybridized carbons (Fsp3) is 0.333. The van der Waals surface area contributed by atoms with Crippen molar-refractivity contribution in [3.63, 3.8) is 0 Å². The van der Waals surface area contributed by atoms with Gasteiger partial charge in [-0.05, 0) is 19.1 Å². The summed E-state index contributed by atoms with van der Waals surface area (Å²) in [5.74, 6) is 0.402. The van der Waals surface area contributed by atoms with Crippen molar-refractivity contribution in [1.29, 1.82) is 0 Å². The number of carbonyl (C=O) groups is 1. The zero-order valence-corrected chi connectivity index (χ0v) is 11.0. The number of amidine groups is 1. The van der Waals surface area contributed by atoms with E-state index < -0.39 is 0 Å². The van der Waals surface area contributed by atoms with Crippen molar-refractivity contribution < 1.29 is 14.7 Å². The summed E-state index contributed by atoms with van der Waals surface area (Å²) in [5.41, 5.74) is 5.85. The summed E-state index contributed by atoms with van der Waals surface area (Å²) in [6, 6.07) is 6.70. The van der Waals surface area contributed by atoms with Gasteiger partial charge in [-0.1, -0.05) is 17.3 Å². The number of nitrogens with two attached hydrogens (primary N) is 1. The third-order valence-corrected chi connectivity index (χ3v) is 2.45. The Balaban J connectivity index is 2.75. The first-order valence-electron chi connectivity index (χ1n) is 5.78.